The Balaban J connectivity index is 0.00000320. The van der Waals surface area contributed by atoms with Gasteiger partial charge in [-0.15, -0.1) is 0 Å². The molecule has 1 aromatic heterocycles. The summed E-state index contributed by atoms with van der Waals surface area (Å²) in [6.45, 7) is 2.26. The first-order valence-corrected chi connectivity index (χ1v) is 12.7. The molecule has 0 spiro atoms. The minimum atomic E-state index is -0.968. The number of piperidine rings is 1. The SMILES string of the molecule is O=C([O-])C1(c2ccccc2)CCN(CCC(c2ccccc2)(c2ccccc2)c2ccccn2)CC1.[K+]. The van der Waals surface area contributed by atoms with Gasteiger partial charge in [-0.1, -0.05) is 97.1 Å². The summed E-state index contributed by atoms with van der Waals surface area (Å²) in [7, 11) is 0. The van der Waals surface area contributed by atoms with Gasteiger partial charge in [0, 0.05) is 11.6 Å². The zero-order valence-corrected chi connectivity index (χ0v) is 24.5. The number of carbonyl (C=O) groups excluding carboxylic acids is 1. The Hall–Kier alpha value is -2.12. The maximum absolute atomic E-state index is 12.3. The van der Waals surface area contributed by atoms with Crippen LogP contribution >= 0.6 is 0 Å². The molecular weight excluding hydrogens is 483 g/mol. The number of aromatic nitrogens is 1. The summed E-state index contributed by atoms with van der Waals surface area (Å²) >= 11 is 0. The van der Waals surface area contributed by atoms with Gasteiger partial charge in [0.2, 0.25) is 0 Å². The smallest absolute Gasteiger partial charge is 0.549 e. The van der Waals surface area contributed by atoms with Gasteiger partial charge >= 0.3 is 51.4 Å². The van der Waals surface area contributed by atoms with Crippen molar-refractivity contribution in [2.24, 2.45) is 0 Å². The first-order chi connectivity index (χ1) is 17.6. The zero-order valence-electron chi connectivity index (χ0n) is 21.4. The van der Waals surface area contributed by atoms with Crippen LogP contribution in [0.1, 0.15) is 41.6 Å². The van der Waals surface area contributed by atoms with E-state index in [1.807, 2.05) is 54.7 Å². The Bertz CT molecular complexity index is 1160. The van der Waals surface area contributed by atoms with Crippen LogP contribution in [-0.2, 0) is 15.6 Å². The van der Waals surface area contributed by atoms with Crippen molar-refractivity contribution in [1.82, 2.24) is 9.88 Å². The fourth-order valence-corrected chi connectivity index (χ4v) is 5.79. The van der Waals surface area contributed by atoms with E-state index < -0.39 is 16.8 Å². The van der Waals surface area contributed by atoms with Crippen molar-refractivity contribution < 1.29 is 61.3 Å². The molecule has 1 fully saturated rings. The second kappa shape index (κ2) is 12.6. The van der Waals surface area contributed by atoms with Crippen molar-refractivity contribution >= 4 is 5.97 Å². The summed E-state index contributed by atoms with van der Waals surface area (Å²) in [6.07, 6.45) is 3.80. The number of carbonyl (C=O) groups is 1. The van der Waals surface area contributed by atoms with E-state index in [1.54, 1.807) is 0 Å². The Morgan fingerprint density at radius 1 is 0.784 bits per heavy atom. The molecule has 0 amide bonds. The zero-order chi connectivity index (χ0) is 24.8. The van der Waals surface area contributed by atoms with Gasteiger partial charge in [0.15, 0.2) is 0 Å². The summed E-state index contributed by atoms with van der Waals surface area (Å²) in [5, 5.41) is 12.3. The summed E-state index contributed by atoms with van der Waals surface area (Å²) in [4.78, 5) is 19.6. The molecule has 0 radical (unpaired) electrons. The van der Waals surface area contributed by atoms with Crippen molar-refractivity contribution in [3.05, 3.63) is 138 Å². The van der Waals surface area contributed by atoms with E-state index in [9.17, 15) is 9.90 Å². The monoisotopic (exact) mass is 514 g/mol. The van der Waals surface area contributed by atoms with Crippen molar-refractivity contribution in [3.63, 3.8) is 0 Å². The number of rotatable bonds is 8. The third-order valence-electron chi connectivity index (χ3n) is 7.87. The van der Waals surface area contributed by atoms with Crippen LogP contribution in [0.3, 0.4) is 0 Å². The van der Waals surface area contributed by atoms with E-state index in [-0.39, 0.29) is 51.4 Å². The molecule has 1 aliphatic rings. The van der Waals surface area contributed by atoms with Crippen molar-refractivity contribution in [2.45, 2.75) is 30.1 Å². The maximum Gasteiger partial charge on any atom is 1.00 e. The number of hydrogen-bond acceptors (Lipinski definition) is 4. The van der Waals surface area contributed by atoms with Gasteiger partial charge in [0.05, 0.1) is 17.1 Å². The third-order valence-corrected chi connectivity index (χ3v) is 7.87. The van der Waals surface area contributed by atoms with E-state index in [0.717, 1.165) is 24.2 Å². The Labute approximate surface area is 262 Å². The van der Waals surface area contributed by atoms with Gasteiger partial charge in [-0.05, 0) is 67.7 Å². The quantitative estimate of drug-likeness (QED) is 0.335. The van der Waals surface area contributed by atoms with Crippen molar-refractivity contribution in [2.75, 3.05) is 19.6 Å². The number of aliphatic carboxylic acids is 1. The molecular formula is C32H31KN2O2. The number of likely N-dealkylation sites (tertiary alicyclic amines) is 1. The van der Waals surface area contributed by atoms with Gasteiger partial charge in [-0.2, -0.15) is 0 Å². The first kappa shape index (κ1) is 27.9. The number of hydrogen-bond donors (Lipinski definition) is 0. The molecule has 0 bridgehead atoms. The Kier molecular flexibility index (Phi) is 9.51. The number of benzene rings is 3. The molecule has 5 heteroatoms. The summed E-state index contributed by atoms with van der Waals surface area (Å²) in [5.74, 6) is -0.968. The standard InChI is InChI=1S/C32H32N2O2.K/c35-30(36)31(26-12-4-1-5-13-26)19-23-34(24-20-31)25-21-32(27-14-6-2-7-15-27,28-16-8-3-9-17-28)29-18-10-11-22-33-29;/h1-18,22H,19-21,23-25H2,(H,35,36);/q;+1/p-1. The van der Waals surface area contributed by atoms with Crippen molar-refractivity contribution in [3.8, 4) is 0 Å². The minimum Gasteiger partial charge on any atom is -0.549 e. The predicted octanol–water partition coefficient (Wildman–Crippen LogP) is 1.59. The predicted molar refractivity (Wildman–Crippen MR) is 140 cm³/mol. The number of carboxylic acids is 1. The average molecular weight is 515 g/mol. The molecule has 0 unspecified atom stereocenters. The van der Waals surface area contributed by atoms with Crippen LogP contribution in [0.5, 0.6) is 0 Å². The van der Waals surface area contributed by atoms with E-state index in [0.29, 0.717) is 25.9 Å². The average Bonchev–Trinajstić information content (AvgIpc) is 2.96. The normalized spacial score (nSPS) is 15.5. The summed E-state index contributed by atoms with van der Waals surface area (Å²) in [6, 6.07) is 36.9. The Morgan fingerprint density at radius 2 is 1.30 bits per heavy atom. The van der Waals surface area contributed by atoms with Crippen LogP contribution in [0.15, 0.2) is 115 Å². The topological polar surface area (TPSA) is 56.3 Å². The molecule has 3 aromatic carbocycles. The molecule has 182 valence electrons. The van der Waals surface area contributed by atoms with Crippen LogP contribution in [0.4, 0.5) is 0 Å². The van der Waals surface area contributed by atoms with Crippen LogP contribution in [0.25, 0.3) is 0 Å². The molecule has 1 saturated heterocycles. The van der Waals surface area contributed by atoms with Gasteiger partial charge in [0.1, 0.15) is 0 Å². The number of pyridine rings is 1. The molecule has 0 aliphatic carbocycles. The van der Waals surface area contributed by atoms with E-state index in [2.05, 4.69) is 65.6 Å². The van der Waals surface area contributed by atoms with Gasteiger partial charge in [-0.25, -0.2) is 0 Å². The molecule has 2 heterocycles. The third kappa shape index (κ3) is 5.68. The van der Waals surface area contributed by atoms with E-state index in [1.165, 1.54) is 11.1 Å². The number of carboxylic acid groups (broad SMARTS) is 1. The van der Waals surface area contributed by atoms with Crippen molar-refractivity contribution in [1.29, 1.82) is 0 Å². The molecule has 4 aromatic rings. The number of nitrogens with zero attached hydrogens (tertiary/aromatic N) is 2. The molecule has 0 atom stereocenters. The van der Waals surface area contributed by atoms with E-state index >= 15 is 0 Å². The first-order valence-electron chi connectivity index (χ1n) is 12.7. The molecule has 0 N–H and O–H groups in total. The largest absolute Gasteiger partial charge is 1.00 e. The van der Waals surface area contributed by atoms with Crippen LogP contribution in [0, 0.1) is 0 Å². The summed E-state index contributed by atoms with van der Waals surface area (Å²) in [5.41, 5.74) is 2.95. The molecule has 37 heavy (non-hydrogen) atoms. The molecule has 0 saturated carbocycles. The van der Waals surface area contributed by atoms with Crippen LogP contribution in [-0.4, -0.2) is 35.5 Å². The molecule has 5 rings (SSSR count). The van der Waals surface area contributed by atoms with E-state index in [4.69, 9.17) is 4.98 Å². The van der Waals surface area contributed by atoms with Gasteiger partial charge in [0.25, 0.3) is 0 Å². The molecule has 4 nitrogen and oxygen atoms in total. The Morgan fingerprint density at radius 3 is 1.78 bits per heavy atom. The van der Waals surface area contributed by atoms with Gasteiger partial charge < -0.3 is 14.8 Å². The fraction of sp³-hybridized carbons (Fsp3) is 0.250. The van der Waals surface area contributed by atoms with Crippen LogP contribution in [0.2, 0.25) is 0 Å². The van der Waals surface area contributed by atoms with Crippen LogP contribution < -0.4 is 56.5 Å². The second-order valence-corrected chi connectivity index (χ2v) is 9.68. The minimum absolute atomic E-state index is 0. The maximum atomic E-state index is 12.3. The summed E-state index contributed by atoms with van der Waals surface area (Å²) < 4.78 is 0. The molecule has 1 aliphatic heterocycles. The van der Waals surface area contributed by atoms with Gasteiger partial charge in [-0.3, -0.25) is 4.98 Å². The fourth-order valence-electron chi connectivity index (χ4n) is 5.79. The second-order valence-electron chi connectivity index (χ2n) is 9.68.